The molecule has 12 heteroatoms. The molecule has 0 saturated carbocycles. The number of hydrogen-bond acceptors (Lipinski definition) is 8. The minimum Gasteiger partial charge on any atom is -0.456 e. The first-order chi connectivity index (χ1) is 17.0. The van der Waals surface area contributed by atoms with Gasteiger partial charge >= 0.3 is 0 Å². The number of nitrogens with one attached hydrogen (secondary N) is 2. The van der Waals surface area contributed by atoms with Gasteiger partial charge < -0.3 is 34.0 Å². The number of methoxy groups -OCH3 is 1. The van der Waals surface area contributed by atoms with E-state index in [2.05, 4.69) is 20.3 Å². The second kappa shape index (κ2) is 10.6. The number of fused-ring (bicyclic) bond motifs is 2. The number of nitrogens with zero attached hydrogens (tertiary/aromatic N) is 2. The number of rotatable bonds is 10. The van der Waals surface area contributed by atoms with Crippen LogP contribution < -0.4 is 10.1 Å². The predicted molar refractivity (Wildman–Crippen MR) is 123 cm³/mol. The van der Waals surface area contributed by atoms with Gasteiger partial charge in [-0.1, -0.05) is 17.7 Å². The highest BCUT2D eigenvalue weighted by Gasteiger charge is 2.49. The number of pyridine rings is 1. The Hall–Kier alpha value is -2.57. The minimum absolute atomic E-state index is 0.107. The fourth-order valence-electron chi connectivity index (χ4n) is 4.20. The average molecular weight is 511 g/mol. The van der Waals surface area contributed by atoms with E-state index in [1.54, 1.807) is 13.2 Å². The van der Waals surface area contributed by atoms with Crippen molar-refractivity contribution in [2.75, 3.05) is 38.9 Å². The van der Waals surface area contributed by atoms with E-state index < -0.39 is 11.6 Å². The average Bonchev–Trinajstić information content (AvgIpc) is 3.53. The van der Waals surface area contributed by atoms with Gasteiger partial charge in [0.15, 0.2) is 11.8 Å². The molecular weight excluding hydrogens is 486 g/mol. The van der Waals surface area contributed by atoms with Gasteiger partial charge in [0.2, 0.25) is 0 Å². The number of ether oxygens (including phenoxy) is 5. The summed E-state index contributed by atoms with van der Waals surface area (Å²) in [4.78, 5) is 11.8. The highest BCUT2D eigenvalue weighted by molar-refractivity contribution is 6.33. The van der Waals surface area contributed by atoms with Crippen LogP contribution in [0.2, 0.25) is 5.02 Å². The molecule has 188 valence electrons. The molecule has 2 aliphatic heterocycles. The quantitative estimate of drug-likeness (QED) is 0.400. The summed E-state index contributed by atoms with van der Waals surface area (Å²) >= 11 is 6.32. The Morgan fingerprint density at radius 1 is 1.11 bits per heavy atom. The van der Waals surface area contributed by atoms with Crippen molar-refractivity contribution in [1.29, 1.82) is 0 Å². The molecule has 1 aromatic carbocycles. The highest BCUT2D eigenvalue weighted by atomic mass is 35.5. The number of aromatic amines is 1. The van der Waals surface area contributed by atoms with Gasteiger partial charge in [-0.15, -0.1) is 0 Å². The molecule has 0 spiro atoms. The number of benzene rings is 1. The summed E-state index contributed by atoms with van der Waals surface area (Å²) in [6.45, 7) is 1.83. The smallest absolute Gasteiger partial charge is 0.296 e. The lowest BCUT2D eigenvalue weighted by atomic mass is 10.1. The summed E-state index contributed by atoms with van der Waals surface area (Å²) in [7, 11) is 1.66. The zero-order valence-electron chi connectivity index (χ0n) is 18.9. The Balaban J connectivity index is 1.23. The van der Waals surface area contributed by atoms with Crippen LogP contribution in [-0.4, -0.2) is 72.9 Å². The molecule has 2 unspecified atom stereocenters. The molecule has 2 aliphatic rings. The molecule has 2 aromatic heterocycles. The van der Waals surface area contributed by atoms with Crippen molar-refractivity contribution in [3.8, 4) is 6.01 Å². The Kier molecular flexibility index (Phi) is 7.30. The lowest BCUT2D eigenvalue weighted by Gasteiger charge is -2.17. The first-order valence-corrected chi connectivity index (χ1v) is 11.6. The van der Waals surface area contributed by atoms with Crippen LogP contribution in [0.4, 0.5) is 14.6 Å². The standard InChI is InChI=1S/C23H25ClF2N4O5/c1-31-6-3-7-32-17-10-33-20-18(11-34-19(17)20)35-23-28-16-8-13(24)21(29-22(16)30-23)27-9-12-14(25)4-2-5-15(12)26/h2,4-5,8,17-20H,3,6-7,9-11H2,1H3,(H2,27,28,29,30)/t17-,18-,19?,20?/m1/s1. The van der Waals surface area contributed by atoms with E-state index in [4.69, 9.17) is 35.3 Å². The lowest BCUT2D eigenvalue weighted by molar-refractivity contribution is -0.0395. The van der Waals surface area contributed by atoms with Crippen LogP contribution in [0.5, 0.6) is 6.01 Å². The van der Waals surface area contributed by atoms with Crippen LogP contribution in [0.15, 0.2) is 24.3 Å². The molecule has 2 N–H and O–H groups in total. The van der Waals surface area contributed by atoms with Crippen molar-refractivity contribution in [2.24, 2.45) is 0 Å². The van der Waals surface area contributed by atoms with Crippen LogP contribution >= 0.6 is 11.6 Å². The lowest BCUT2D eigenvalue weighted by Crippen LogP contribution is -2.35. The maximum absolute atomic E-state index is 13.9. The van der Waals surface area contributed by atoms with Crippen molar-refractivity contribution in [1.82, 2.24) is 15.0 Å². The van der Waals surface area contributed by atoms with Crippen LogP contribution in [-0.2, 0) is 25.5 Å². The molecule has 35 heavy (non-hydrogen) atoms. The minimum atomic E-state index is -0.654. The van der Waals surface area contributed by atoms with Crippen molar-refractivity contribution in [3.05, 3.63) is 46.5 Å². The zero-order chi connectivity index (χ0) is 24.4. The first-order valence-electron chi connectivity index (χ1n) is 11.3. The van der Waals surface area contributed by atoms with Gasteiger partial charge in [0.05, 0.1) is 23.8 Å². The predicted octanol–water partition coefficient (Wildman–Crippen LogP) is 3.47. The van der Waals surface area contributed by atoms with Gasteiger partial charge in [0.25, 0.3) is 6.01 Å². The third kappa shape index (κ3) is 5.19. The van der Waals surface area contributed by atoms with Gasteiger partial charge in [0, 0.05) is 32.4 Å². The fourth-order valence-corrected chi connectivity index (χ4v) is 4.42. The van der Waals surface area contributed by atoms with Crippen molar-refractivity contribution >= 4 is 28.6 Å². The van der Waals surface area contributed by atoms with Crippen molar-refractivity contribution in [3.63, 3.8) is 0 Å². The molecule has 4 heterocycles. The van der Waals surface area contributed by atoms with E-state index in [1.165, 1.54) is 18.2 Å². The van der Waals surface area contributed by atoms with Gasteiger partial charge in [-0.3, -0.25) is 0 Å². The molecule has 0 amide bonds. The number of halogens is 3. The molecule has 0 aliphatic carbocycles. The summed E-state index contributed by atoms with van der Waals surface area (Å²) in [5.41, 5.74) is 0.780. The fraction of sp³-hybridized carbons (Fsp3) is 0.478. The number of H-pyrrole nitrogens is 1. The van der Waals surface area contributed by atoms with Crippen LogP contribution in [0.3, 0.4) is 0 Å². The molecule has 2 saturated heterocycles. The number of anilines is 1. The van der Waals surface area contributed by atoms with Crippen LogP contribution in [0.25, 0.3) is 11.2 Å². The Bertz CT molecular complexity index is 1160. The number of aromatic nitrogens is 3. The highest BCUT2D eigenvalue weighted by Crippen LogP contribution is 2.32. The molecule has 0 radical (unpaired) electrons. The van der Waals surface area contributed by atoms with Crippen LogP contribution in [0, 0.1) is 11.6 Å². The van der Waals surface area contributed by atoms with E-state index in [0.717, 1.165) is 6.42 Å². The SMILES string of the molecule is COCCCO[C@@H]1COC2C1OC[C@H]2Oc1nc2nc(NCc3c(F)cccc3F)c(Cl)cc2[nH]1. The van der Waals surface area contributed by atoms with E-state index in [-0.39, 0.29) is 53.4 Å². The van der Waals surface area contributed by atoms with E-state index in [9.17, 15) is 8.78 Å². The van der Waals surface area contributed by atoms with Gasteiger partial charge in [-0.25, -0.2) is 13.8 Å². The second-order valence-corrected chi connectivity index (χ2v) is 8.70. The summed E-state index contributed by atoms with van der Waals surface area (Å²) in [6, 6.07) is 5.55. The van der Waals surface area contributed by atoms with Gasteiger partial charge in [0.1, 0.15) is 35.8 Å². The van der Waals surface area contributed by atoms with Gasteiger partial charge in [-0.05, 0) is 24.6 Å². The van der Waals surface area contributed by atoms with Crippen LogP contribution in [0.1, 0.15) is 12.0 Å². The molecule has 2 fully saturated rings. The molecule has 9 nitrogen and oxygen atoms in total. The third-order valence-electron chi connectivity index (χ3n) is 5.95. The topological polar surface area (TPSA) is 99.8 Å². The summed E-state index contributed by atoms with van der Waals surface area (Å²) in [5.74, 6) is -1.06. The normalized spacial score (nSPS) is 23.7. The van der Waals surface area contributed by atoms with E-state index >= 15 is 0 Å². The number of imidazole rings is 1. The molecular formula is C23H25ClF2N4O5. The summed E-state index contributed by atoms with van der Waals surface area (Å²) in [6.07, 6.45) is -0.223. The monoisotopic (exact) mass is 510 g/mol. The Labute approximate surface area is 205 Å². The van der Waals surface area contributed by atoms with Crippen molar-refractivity contribution in [2.45, 2.75) is 37.4 Å². The summed E-state index contributed by atoms with van der Waals surface area (Å²) in [5, 5.41) is 3.13. The Morgan fingerprint density at radius 2 is 1.86 bits per heavy atom. The number of hydrogen-bond donors (Lipinski definition) is 2. The molecule has 0 bridgehead atoms. The largest absolute Gasteiger partial charge is 0.456 e. The molecule has 4 atom stereocenters. The Morgan fingerprint density at radius 3 is 2.63 bits per heavy atom. The first kappa shape index (κ1) is 24.1. The van der Waals surface area contributed by atoms with E-state index in [0.29, 0.717) is 37.6 Å². The summed E-state index contributed by atoms with van der Waals surface area (Å²) < 4.78 is 56.5. The van der Waals surface area contributed by atoms with E-state index in [1.807, 2.05) is 0 Å². The maximum atomic E-state index is 13.9. The zero-order valence-corrected chi connectivity index (χ0v) is 19.7. The molecule has 3 aromatic rings. The third-order valence-corrected chi connectivity index (χ3v) is 6.24. The van der Waals surface area contributed by atoms with Crippen molar-refractivity contribution < 1.29 is 32.5 Å². The molecule has 5 rings (SSSR count). The van der Waals surface area contributed by atoms with Gasteiger partial charge in [-0.2, -0.15) is 4.98 Å². The second-order valence-electron chi connectivity index (χ2n) is 8.29. The maximum Gasteiger partial charge on any atom is 0.296 e.